The summed E-state index contributed by atoms with van der Waals surface area (Å²) in [6, 6.07) is -0.0879. The molecule has 20 heavy (non-hydrogen) atoms. The molecule has 5 nitrogen and oxygen atoms in total. The van der Waals surface area contributed by atoms with Gasteiger partial charge in [-0.05, 0) is 19.8 Å². The average Bonchev–Trinajstić information content (AvgIpc) is 2.84. The fourth-order valence-corrected chi connectivity index (χ4v) is 4.98. The van der Waals surface area contributed by atoms with Crippen LogP contribution in [0, 0.1) is 6.92 Å². The van der Waals surface area contributed by atoms with Crippen LogP contribution in [0.1, 0.15) is 30.0 Å². The quantitative estimate of drug-likeness (QED) is 0.774. The van der Waals surface area contributed by atoms with Crippen LogP contribution in [0.4, 0.5) is 0 Å². The minimum atomic E-state index is -3.47. The van der Waals surface area contributed by atoms with E-state index >= 15 is 0 Å². The molecule has 1 fully saturated rings. The highest BCUT2D eigenvalue weighted by molar-refractivity contribution is 7.86. The van der Waals surface area contributed by atoms with E-state index < -0.39 is 10.2 Å². The smallest absolute Gasteiger partial charge is 0.245 e. The summed E-state index contributed by atoms with van der Waals surface area (Å²) in [7, 11) is -1.86. The summed E-state index contributed by atoms with van der Waals surface area (Å²) in [5.74, 6) is 0.350. The van der Waals surface area contributed by atoms with Gasteiger partial charge in [-0.25, -0.2) is 4.98 Å². The van der Waals surface area contributed by atoms with E-state index in [0.29, 0.717) is 19.0 Å². The highest BCUT2D eigenvalue weighted by atomic mass is 35.5. The third kappa shape index (κ3) is 3.51. The fraction of sp³-hybridized carbons (Fsp3) is 0.750. The van der Waals surface area contributed by atoms with Crippen molar-refractivity contribution < 1.29 is 8.42 Å². The van der Waals surface area contributed by atoms with Gasteiger partial charge in [-0.1, -0.05) is 6.42 Å². The van der Waals surface area contributed by atoms with Crippen molar-refractivity contribution in [2.45, 2.75) is 38.8 Å². The maximum Gasteiger partial charge on any atom is 0.282 e. The van der Waals surface area contributed by atoms with Crippen molar-refractivity contribution in [1.29, 1.82) is 0 Å². The van der Waals surface area contributed by atoms with Gasteiger partial charge in [-0.15, -0.1) is 22.9 Å². The summed E-state index contributed by atoms with van der Waals surface area (Å²) >= 11 is 7.44. The molecule has 0 saturated carbocycles. The number of thiazole rings is 1. The number of hydrogen-bond donors (Lipinski definition) is 0. The minimum absolute atomic E-state index is 0.0879. The number of halogens is 1. The van der Waals surface area contributed by atoms with Gasteiger partial charge in [0.2, 0.25) is 0 Å². The molecular formula is C12H20ClN3O2S2. The molecule has 1 aromatic rings. The van der Waals surface area contributed by atoms with Gasteiger partial charge in [0.15, 0.2) is 0 Å². The molecule has 1 aliphatic heterocycles. The molecule has 1 aliphatic rings. The van der Waals surface area contributed by atoms with Crippen LogP contribution in [0.2, 0.25) is 0 Å². The molecule has 1 unspecified atom stereocenters. The predicted molar refractivity (Wildman–Crippen MR) is 82.3 cm³/mol. The summed E-state index contributed by atoms with van der Waals surface area (Å²) < 4.78 is 28.2. The maximum atomic E-state index is 12.6. The van der Waals surface area contributed by atoms with Crippen LogP contribution in [0.3, 0.4) is 0 Å². The second kappa shape index (κ2) is 6.70. The van der Waals surface area contributed by atoms with Gasteiger partial charge in [0.25, 0.3) is 10.2 Å². The lowest BCUT2D eigenvalue weighted by Gasteiger charge is -2.35. The molecule has 1 atom stereocenters. The van der Waals surface area contributed by atoms with Gasteiger partial charge in [-0.2, -0.15) is 17.0 Å². The summed E-state index contributed by atoms with van der Waals surface area (Å²) in [5.41, 5.74) is 0.790. The first kappa shape index (κ1) is 16.2. The Balaban J connectivity index is 2.11. The van der Waals surface area contributed by atoms with Crippen LogP contribution in [0.15, 0.2) is 5.38 Å². The van der Waals surface area contributed by atoms with E-state index in [0.717, 1.165) is 30.0 Å². The average molecular weight is 338 g/mol. The summed E-state index contributed by atoms with van der Waals surface area (Å²) in [4.78, 5) is 4.32. The van der Waals surface area contributed by atoms with E-state index in [-0.39, 0.29) is 6.04 Å². The highest BCUT2D eigenvalue weighted by Crippen LogP contribution is 2.24. The molecule has 8 heteroatoms. The second-order valence-corrected chi connectivity index (χ2v) is 8.40. The van der Waals surface area contributed by atoms with Crippen molar-refractivity contribution in [1.82, 2.24) is 13.6 Å². The zero-order valence-corrected chi connectivity index (χ0v) is 14.1. The van der Waals surface area contributed by atoms with Gasteiger partial charge >= 0.3 is 0 Å². The monoisotopic (exact) mass is 337 g/mol. The molecule has 0 aromatic carbocycles. The van der Waals surface area contributed by atoms with E-state index in [2.05, 4.69) is 4.98 Å². The van der Waals surface area contributed by atoms with Gasteiger partial charge in [0, 0.05) is 30.9 Å². The molecule has 0 bridgehead atoms. The first-order valence-corrected chi connectivity index (χ1v) is 9.46. The van der Waals surface area contributed by atoms with E-state index in [9.17, 15) is 8.42 Å². The number of aromatic nitrogens is 1. The molecule has 0 spiro atoms. The largest absolute Gasteiger partial charge is 0.282 e. The number of alkyl halides is 1. The number of nitrogens with zero attached hydrogens (tertiary/aromatic N) is 3. The first-order chi connectivity index (χ1) is 9.45. The second-order valence-electron chi connectivity index (χ2n) is 5.04. The third-order valence-electron chi connectivity index (χ3n) is 3.49. The standard InChI is InChI=1S/C12H20ClN3O2S2/c1-10-14-11(9-19-10)8-15(2)20(17,18)16-6-4-3-5-12(16)7-13/h9,12H,3-8H2,1-2H3. The lowest BCUT2D eigenvalue weighted by molar-refractivity contribution is 0.251. The van der Waals surface area contributed by atoms with Crippen molar-refractivity contribution in [3.8, 4) is 0 Å². The normalized spacial score (nSPS) is 21.5. The molecule has 2 heterocycles. The van der Waals surface area contributed by atoms with Crippen LogP contribution in [-0.4, -0.2) is 47.5 Å². The summed E-state index contributed by atoms with van der Waals surface area (Å²) in [5, 5.41) is 2.85. The van der Waals surface area contributed by atoms with Gasteiger partial charge < -0.3 is 0 Å². The van der Waals surface area contributed by atoms with E-state index in [1.165, 1.54) is 15.6 Å². The molecule has 2 rings (SSSR count). The molecule has 0 amide bonds. The van der Waals surface area contributed by atoms with E-state index in [4.69, 9.17) is 11.6 Å². The molecule has 1 saturated heterocycles. The maximum absolute atomic E-state index is 12.6. The zero-order chi connectivity index (χ0) is 14.8. The Bertz CT molecular complexity index is 547. The lowest BCUT2D eigenvalue weighted by atomic mass is 10.1. The Labute approximate surface area is 129 Å². The summed E-state index contributed by atoms with van der Waals surface area (Å²) in [6.07, 6.45) is 2.78. The van der Waals surface area contributed by atoms with Crippen LogP contribution in [0.25, 0.3) is 0 Å². The predicted octanol–water partition coefficient (Wildman–Crippen LogP) is 2.22. The topological polar surface area (TPSA) is 53.5 Å². The minimum Gasteiger partial charge on any atom is -0.245 e. The zero-order valence-electron chi connectivity index (χ0n) is 11.7. The molecule has 114 valence electrons. The third-order valence-corrected chi connectivity index (χ3v) is 6.66. The van der Waals surface area contributed by atoms with Crippen molar-refractivity contribution in [3.63, 3.8) is 0 Å². The number of hydrogen-bond acceptors (Lipinski definition) is 4. The van der Waals surface area contributed by atoms with E-state index in [1.807, 2.05) is 12.3 Å². The van der Waals surface area contributed by atoms with Crippen LogP contribution in [0.5, 0.6) is 0 Å². The SMILES string of the molecule is Cc1nc(CN(C)S(=O)(=O)N2CCCCC2CCl)cs1. The Morgan fingerprint density at radius 3 is 2.90 bits per heavy atom. The number of aryl methyl sites for hydroxylation is 1. The molecule has 0 radical (unpaired) electrons. The molecule has 1 aromatic heterocycles. The van der Waals surface area contributed by atoms with Crippen molar-refractivity contribution in [2.24, 2.45) is 0 Å². The summed E-state index contributed by atoms with van der Waals surface area (Å²) in [6.45, 7) is 2.77. The van der Waals surface area contributed by atoms with Crippen LogP contribution >= 0.6 is 22.9 Å². The van der Waals surface area contributed by atoms with E-state index in [1.54, 1.807) is 11.4 Å². The molecule has 0 N–H and O–H groups in total. The van der Waals surface area contributed by atoms with Gasteiger partial charge in [0.1, 0.15) is 0 Å². The first-order valence-electron chi connectivity index (χ1n) is 6.65. The number of piperidine rings is 1. The van der Waals surface area contributed by atoms with Gasteiger partial charge in [-0.3, -0.25) is 0 Å². The Hall–Kier alpha value is -0.210. The van der Waals surface area contributed by atoms with Gasteiger partial charge in [0.05, 0.1) is 17.2 Å². The highest BCUT2D eigenvalue weighted by Gasteiger charge is 2.34. The van der Waals surface area contributed by atoms with Crippen molar-refractivity contribution in [3.05, 3.63) is 16.1 Å². The molecular weight excluding hydrogens is 318 g/mol. The van der Waals surface area contributed by atoms with Crippen LogP contribution < -0.4 is 0 Å². The molecule has 0 aliphatic carbocycles. The van der Waals surface area contributed by atoms with Crippen LogP contribution in [-0.2, 0) is 16.8 Å². The number of rotatable bonds is 5. The van der Waals surface area contributed by atoms with Crippen molar-refractivity contribution >= 4 is 33.1 Å². The Morgan fingerprint density at radius 1 is 1.55 bits per heavy atom. The lowest BCUT2D eigenvalue weighted by Crippen LogP contribution is -2.50. The Kier molecular flexibility index (Phi) is 5.42. The van der Waals surface area contributed by atoms with Crippen molar-refractivity contribution in [2.75, 3.05) is 19.5 Å². The Morgan fingerprint density at radius 2 is 2.30 bits per heavy atom. The fourth-order valence-electron chi connectivity index (χ4n) is 2.40.